The third-order valence-electron chi connectivity index (χ3n) is 5.29. The van der Waals surface area contributed by atoms with Crippen LogP contribution in [0.25, 0.3) is 5.57 Å². The largest absolute Gasteiger partial charge is 0.0760 e. The normalized spacial score (nSPS) is 20.4. The number of rotatable bonds is 0. The van der Waals surface area contributed by atoms with Gasteiger partial charge in [0.2, 0.25) is 0 Å². The molecule has 3 aliphatic rings. The van der Waals surface area contributed by atoms with Crippen LogP contribution in [-0.2, 0) is 18.3 Å². The van der Waals surface area contributed by atoms with Crippen molar-refractivity contribution in [3.8, 4) is 0 Å². The lowest BCUT2D eigenvalue weighted by molar-refractivity contribution is 0.563. The first-order chi connectivity index (χ1) is 9.88. The molecule has 2 aromatic rings. The highest BCUT2D eigenvalue weighted by Gasteiger charge is 2.49. The SMILES string of the molecule is C1=C2C(=CC1)C1(Cc3ccccc3C1)c1ccccc12. The van der Waals surface area contributed by atoms with E-state index in [9.17, 15) is 0 Å². The Labute approximate surface area is 119 Å². The molecule has 0 radical (unpaired) electrons. The maximum absolute atomic E-state index is 2.46. The molecule has 0 unspecified atom stereocenters. The standard InChI is InChI=1S/C20H16/c1-2-7-15-13-20(12-14(15)6-1)18-10-4-3-8-16(18)17-9-5-11-19(17)20/h1-4,6-11H,5,12-13H2. The zero-order chi connectivity index (χ0) is 13.2. The molecule has 0 amide bonds. The van der Waals surface area contributed by atoms with Gasteiger partial charge in [-0.3, -0.25) is 0 Å². The van der Waals surface area contributed by atoms with Crippen molar-refractivity contribution < 1.29 is 0 Å². The molecule has 3 aliphatic carbocycles. The summed E-state index contributed by atoms with van der Waals surface area (Å²) in [5, 5.41) is 0. The van der Waals surface area contributed by atoms with Gasteiger partial charge in [0.15, 0.2) is 0 Å². The quantitative estimate of drug-likeness (QED) is 0.653. The molecule has 0 atom stereocenters. The van der Waals surface area contributed by atoms with E-state index in [1.807, 2.05) is 0 Å². The Hall–Kier alpha value is -2.08. The van der Waals surface area contributed by atoms with E-state index in [4.69, 9.17) is 0 Å². The molecule has 0 saturated heterocycles. The van der Waals surface area contributed by atoms with Gasteiger partial charge in [-0.2, -0.15) is 0 Å². The Morgan fingerprint density at radius 2 is 1.45 bits per heavy atom. The van der Waals surface area contributed by atoms with Crippen LogP contribution < -0.4 is 0 Å². The van der Waals surface area contributed by atoms with Crippen molar-refractivity contribution in [3.05, 3.63) is 88.5 Å². The van der Waals surface area contributed by atoms with Crippen LogP contribution >= 0.6 is 0 Å². The van der Waals surface area contributed by atoms with Crippen molar-refractivity contribution >= 4 is 5.57 Å². The molecular weight excluding hydrogens is 240 g/mol. The second-order valence-electron chi connectivity index (χ2n) is 6.22. The number of hydrogen-bond donors (Lipinski definition) is 0. The van der Waals surface area contributed by atoms with Crippen LogP contribution in [0.1, 0.15) is 28.7 Å². The van der Waals surface area contributed by atoms with Gasteiger partial charge in [0.25, 0.3) is 0 Å². The molecule has 0 nitrogen and oxygen atoms in total. The molecule has 0 heterocycles. The van der Waals surface area contributed by atoms with Gasteiger partial charge in [-0.25, -0.2) is 0 Å². The Bertz CT molecular complexity index is 764. The molecule has 0 N–H and O–H groups in total. The van der Waals surface area contributed by atoms with Gasteiger partial charge in [0.1, 0.15) is 0 Å². The molecule has 20 heavy (non-hydrogen) atoms. The van der Waals surface area contributed by atoms with Crippen molar-refractivity contribution in [2.75, 3.05) is 0 Å². The van der Waals surface area contributed by atoms with Gasteiger partial charge in [-0.05, 0) is 52.7 Å². The van der Waals surface area contributed by atoms with E-state index in [0.29, 0.717) is 0 Å². The van der Waals surface area contributed by atoms with Crippen molar-refractivity contribution in [1.82, 2.24) is 0 Å². The molecule has 0 bridgehead atoms. The molecule has 0 fully saturated rings. The molecule has 2 aromatic carbocycles. The monoisotopic (exact) mass is 256 g/mol. The van der Waals surface area contributed by atoms with Gasteiger partial charge in [-0.1, -0.05) is 60.7 Å². The van der Waals surface area contributed by atoms with E-state index >= 15 is 0 Å². The first kappa shape index (κ1) is 10.7. The first-order valence-electron chi connectivity index (χ1n) is 7.46. The fraction of sp³-hybridized carbons (Fsp3) is 0.200. The van der Waals surface area contributed by atoms with E-state index in [2.05, 4.69) is 60.7 Å². The van der Waals surface area contributed by atoms with Crippen LogP contribution in [0.2, 0.25) is 0 Å². The summed E-state index contributed by atoms with van der Waals surface area (Å²) < 4.78 is 0. The zero-order valence-electron chi connectivity index (χ0n) is 11.4. The third kappa shape index (κ3) is 1.13. The Morgan fingerprint density at radius 1 is 0.750 bits per heavy atom. The predicted octanol–water partition coefficient (Wildman–Crippen LogP) is 4.45. The Kier molecular flexibility index (Phi) is 1.88. The predicted molar refractivity (Wildman–Crippen MR) is 82.6 cm³/mol. The molecule has 0 heteroatoms. The summed E-state index contributed by atoms with van der Waals surface area (Å²) in [4.78, 5) is 0. The fourth-order valence-corrected chi connectivity index (χ4v) is 4.50. The molecule has 0 saturated carbocycles. The number of allylic oxidation sites excluding steroid dienone is 4. The van der Waals surface area contributed by atoms with Crippen LogP contribution in [0.3, 0.4) is 0 Å². The minimum atomic E-state index is 0.225. The van der Waals surface area contributed by atoms with Crippen molar-refractivity contribution in [2.45, 2.75) is 24.7 Å². The molecular formula is C20H16. The summed E-state index contributed by atoms with van der Waals surface area (Å²) in [7, 11) is 0. The lowest BCUT2D eigenvalue weighted by atomic mass is 9.76. The van der Waals surface area contributed by atoms with Crippen LogP contribution in [0.5, 0.6) is 0 Å². The minimum Gasteiger partial charge on any atom is -0.0760 e. The lowest BCUT2D eigenvalue weighted by Crippen LogP contribution is -2.25. The molecule has 0 aliphatic heterocycles. The van der Waals surface area contributed by atoms with Crippen LogP contribution in [0, 0.1) is 0 Å². The van der Waals surface area contributed by atoms with E-state index in [1.165, 1.54) is 35.1 Å². The Morgan fingerprint density at radius 3 is 2.25 bits per heavy atom. The number of fused-ring (bicyclic) bond motifs is 6. The van der Waals surface area contributed by atoms with Crippen LogP contribution in [0.15, 0.2) is 66.3 Å². The lowest BCUT2D eigenvalue weighted by Gasteiger charge is -2.26. The van der Waals surface area contributed by atoms with Crippen LogP contribution in [0.4, 0.5) is 0 Å². The maximum atomic E-state index is 2.46. The summed E-state index contributed by atoms with van der Waals surface area (Å²) in [6.45, 7) is 0. The van der Waals surface area contributed by atoms with Gasteiger partial charge in [-0.15, -0.1) is 0 Å². The average Bonchev–Trinajstić information content (AvgIpc) is 3.16. The van der Waals surface area contributed by atoms with Crippen LogP contribution in [-0.4, -0.2) is 0 Å². The van der Waals surface area contributed by atoms with Crippen molar-refractivity contribution in [2.24, 2.45) is 0 Å². The van der Waals surface area contributed by atoms with E-state index < -0.39 is 0 Å². The smallest absolute Gasteiger partial charge is 0.0292 e. The average molecular weight is 256 g/mol. The summed E-state index contributed by atoms with van der Waals surface area (Å²) in [5.41, 5.74) is 9.43. The minimum absolute atomic E-state index is 0.225. The van der Waals surface area contributed by atoms with E-state index in [1.54, 1.807) is 11.1 Å². The summed E-state index contributed by atoms with van der Waals surface area (Å²) in [6.07, 6.45) is 8.32. The number of hydrogen-bond acceptors (Lipinski definition) is 0. The van der Waals surface area contributed by atoms with Gasteiger partial charge < -0.3 is 0 Å². The molecule has 0 aromatic heterocycles. The van der Waals surface area contributed by atoms with Gasteiger partial charge in [0, 0.05) is 5.41 Å². The fourth-order valence-electron chi connectivity index (χ4n) is 4.50. The summed E-state index contributed by atoms with van der Waals surface area (Å²) >= 11 is 0. The topological polar surface area (TPSA) is 0 Å². The van der Waals surface area contributed by atoms with Gasteiger partial charge >= 0.3 is 0 Å². The summed E-state index contributed by atoms with van der Waals surface area (Å²) in [6, 6.07) is 18.0. The highest BCUT2D eigenvalue weighted by Crippen LogP contribution is 2.57. The highest BCUT2D eigenvalue weighted by molar-refractivity contribution is 5.92. The second kappa shape index (κ2) is 3.52. The third-order valence-corrected chi connectivity index (χ3v) is 5.29. The van der Waals surface area contributed by atoms with Crippen molar-refractivity contribution in [3.63, 3.8) is 0 Å². The zero-order valence-corrected chi connectivity index (χ0v) is 11.4. The van der Waals surface area contributed by atoms with E-state index in [-0.39, 0.29) is 5.41 Å². The van der Waals surface area contributed by atoms with Crippen molar-refractivity contribution in [1.29, 1.82) is 0 Å². The number of benzene rings is 2. The molecule has 5 rings (SSSR count). The van der Waals surface area contributed by atoms with E-state index in [0.717, 1.165) is 6.42 Å². The highest BCUT2D eigenvalue weighted by atomic mass is 14.5. The summed E-state index contributed by atoms with van der Waals surface area (Å²) in [5.74, 6) is 0. The molecule has 1 spiro atoms. The first-order valence-corrected chi connectivity index (χ1v) is 7.46. The van der Waals surface area contributed by atoms with Gasteiger partial charge in [0.05, 0.1) is 0 Å². The second-order valence-corrected chi connectivity index (χ2v) is 6.22. The molecule has 96 valence electrons. The Balaban J connectivity index is 1.79. The maximum Gasteiger partial charge on any atom is 0.0292 e.